The van der Waals surface area contributed by atoms with Crippen molar-refractivity contribution in [2.45, 2.75) is 27.7 Å². The molecule has 1 fully saturated rings. The molecule has 0 aliphatic carbocycles. The van der Waals surface area contributed by atoms with Gasteiger partial charge in [0, 0.05) is 31.9 Å². The summed E-state index contributed by atoms with van der Waals surface area (Å²) in [5.41, 5.74) is 4.80. The maximum Gasteiger partial charge on any atom is 0.265 e. The molecule has 1 aliphatic heterocycles. The first-order valence-electron chi connectivity index (χ1n) is 8.02. The number of amides is 1. The Morgan fingerprint density at radius 1 is 1.09 bits per heavy atom. The van der Waals surface area contributed by atoms with E-state index < -0.39 is 0 Å². The van der Waals surface area contributed by atoms with Crippen molar-refractivity contribution in [2.75, 3.05) is 31.1 Å². The van der Waals surface area contributed by atoms with Gasteiger partial charge in [0.15, 0.2) is 0 Å². The fraction of sp³-hybridized carbons (Fsp3) is 0.444. The van der Waals surface area contributed by atoms with Gasteiger partial charge in [0.05, 0.1) is 10.7 Å². The van der Waals surface area contributed by atoms with Crippen LogP contribution < -0.4 is 4.90 Å². The van der Waals surface area contributed by atoms with Gasteiger partial charge in [-0.05, 0) is 44.9 Å². The summed E-state index contributed by atoms with van der Waals surface area (Å²) in [7, 11) is 0. The normalized spacial score (nSPS) is 15.1. The predicted octanol–water partition coefficient (Wildman–Crippen LogP) is 3.34. The predicted molar refractivity (Wildman–Crippen MR) is 95.6 cm³/mol. The van der Waals surface area contributed by atoms with Gasteiger partial charge in [-0.2, -0.15) is 0 Å². The number of carbonyl (C=O) groups is 1. The number of nitrogens with zero attached hydrogens (tertiary/aromatic N) is 3. The van der Waals surface area contributed by atoms with Crippen molar-refractivity contribution >= 4 is 22.9 Å². The lowest BCUT2D eigenvalue weighted by atomic mass is 10.1. The van der Waals surface area contributed by atoms with Crippen LogP contribution in [0.1, 0.15) is 31.5 Å². The van der Waals surface area contributed by atoms with Gasteiger partial charge in [0.25, 0.3) is 5.91 Å². The highest BCUT2D eigenvalue weighted by Crippen LogP contribution is 2.25. The molecule has 3 rings (SSSR count). The maximum atomic E-state index is 12.7. The molecule has 1 aliphatic rings. The summed E-state index contributed by atoms with van der Waals surface area (Å²) in [4.78, 5) is 22.2. The van der Waals surface area contributed by atoms with Gasteiger partial charge in [0.1, 0.15) is 4.88 Å². The molecule has 4 nitrogen and oxygen atoms in total. The number of piperazine rings is 1. The number of aromatic nitrogens is 1. The summed E-state index contributed by atoms with van der Waals surface area (Å²) in [6.07, 6.45) is 0. The molecule has 0 N–H and O–H groups in total. The van der Waals surface area contributed by atoms with E-state index in [9.17, 15) is 4.79 Å². The van der Waals surface area contributed by atoms with Gasteiger partial charge in [-0.25, -0.2) is 4.98 Å². The van der Waals surface area contributed by atoms with E-state index in [1.54, 1.807) is 0 Å². The van der Waals surface area contributed by atoms with Crippen LogP contribution in [-0.4, -0.2) is 42.0 Å². The molecule has 2 heterocycles. The number of carbonyl (C=O) groups excluding carboxylic acids is 1. The fourth-order valence-corrected chi connectivity index (χ4v) is 3.99. The second-order valence-electron chi connectivity index (χ2n) is 6.15. The van der Waals surface area contributed by atoms with Crippen LogP contribution in [0.25, 0.3) is 0 Å². The lowest BCUT2D eigenvalue weighted by molar-refractivity contribution is 0.0750. The Bertz CT molecular complexity index is 730. The standard InChI is InChI=1S/C18H23N3OS/c1-12-6-5-7-16(13(12)2)20-8-10-21(11-9-20)18(22)17-14(3)19-15(4)23-17/h5-7H,8-11H2,1-4H3. The zero-order chi connectivity index (χ0) is 16.6. The molecule has 5 heteroatoms. The van der Waals surface area contributed by atoms with Crippen LogP contribution in [0.2, 0.25) is 0 Å². The number of thiazole rings is 1. The van der Waals surface area contributed by atoms with Crippen LogP contribution in [0.15, 0.2) is 18.2 Å². The number of anilines is 1. The molecule has 0 spiro atoms. The molecule has 0 atom stereocenters. The van der Waals surface area contributed by atoms with Crippen molar-refractivity contribution in [1.82, 2.24) is 9.88 Å². The molecular weight excluding hydrogens is 306 g/mol. The van der Waals surface area contributed by atoms with E-state index in [1.165, 1.54) is 28.2 Å². The van der Waals surface area contributed by atoms with Gasteiger partial charge in [-0.3, -0.25) is 4.79 Å². The van der Waals surface area contributed by atoms with Crippen molar-refractivity contribution in [3.05, 3.63) is 44.9 Å². The largest absolute Gasteiger partial charge is 0.368 e. The third-order valence-corrected chi connectivity index (χ3v) is 5.64. The first-order valence-corrected chi connectivity index (χ1v) is 8.83. The van der Waals surface area contributed by atoms with E-state index in [-0.39, 0.29) is 5.91 Å². The van der Waals surface area contributed by atoms with Crippen molar-refractivity contribution < 1.29 is 4.79 Å². The minimum absolute atomic E-state index is 0.133. The van der Waals surface area contributed by atoms with E-state index in [0.29, 0.717) is 0 Å². The number of aryl methyl sites for hydroxylation is 3. The minimum Gasteiger partial charge on any atom is -0.368 e. The van der Waals surface area contributed by atoms with E-state index >= 15 is 0 Å². The van der Waals surface area contributed by atoms with Crippen molar-refractivity contribution in [2.24, 2.45) is 0 Å². The maximum absolute atomic E-state index is 12.7. The molecule has 0 bridgehead atoms. The first kappa shape index (κ1) is 16.0. The summed E-state index contributed by atoms with van der Waals surface area (Å²) < 4.78 is 0. The number of benzene rings is 1. The average Bonchev–Trinajstić information content (AvgIpc) is 2.88. The smallest absolute Gasteiger partial charge is 0.265 e. The zero-order valence-electron chi connectivity index (χ0n) is 14.2. The third-order valence-electron chi connectivity index (χ3n) is 4.58. The summed E-state index contributed by atoms with van der Waals surface area (Å²) in [6.45, 7) is 11.5. The molecule has 1 aromatic carbocycles. The van der Waals surface area contributed by atoms with E-state index in [0.717, 1.165) is 41.8 Å². The van der Waals surface area contributed by atoms with E-state index in [2.05, 4.69) is 41.9 Å². The van der Waals surface area contributed by atoms with Gasteiger partial charge in [0.2, 0.25) is 0 Å². The number of hydrogen-bond donors (Lipinski definition) is 0. The quantitative estimate of drug-likeness (QED) is 0.848. The highest BCUT2D eigenvalue weighted by molar-refractivity contribution is 7.13. The molecule has 0 radical (unpaired) electrons. The fourth-order valence-electron chi connectivity index (χ4n) is 3.10. The molecule has 1 saturated heterocycles. The molecule has 0 saturated carbocycles. The summed E-state index contributed by atoms with van der Waals surface area (Å²) in [6, 6.07) is 6.43. The summed E-state index contributed by atoms with van der Waals surface area (Å²) >= 11 is 1.50. The van der Waals surface area contributed by atoms with Crippen LogP contribution in [0.5, 0.6) is 0 Å². The topological polar surface area (TPSA) is 36.4 Å². The zero-order valence-corrected chi connectivity index (χ0v) is 15.0. The van der Waals surface area contributed by atoms with Crippen LogP contribution in [0, 0.1) is 27.7 Å². The van der Waals surface area contributed by atoms with Gasteiger partial charge >= 0.3 is 0 Å². The molecule has 0 unspecified atom stereocenters. The minimum atomic E-state index is 0.133. The molecule has 122 valence electrons. The van der Waals surface area contributed by atoms with Crippen LogP contribution in [0.3, 0.4) is 0 Å². The van der Waals surface area contributed by atoms with E-state index in [1.807, 2.05) is 18.7 Å². The van der Waals surface area contributed by atoms with Crippen molar-refractivity contribution in [3.8, 4) is 0 Å². The van der Waals surface area contributed by atoms with Gasteiger partial charge < -0.3 is 9.80 Å². The molecular formula is C18H23N3OS. The Kier molecular flexibility index (Phi) is 4.39. The summed E-state index contributed by atoms with van der Waals surface area (Å²) in [5.74, 6) is 0.133. The highest BCUT2D eigenvalue weighted by Gasteiger charge is 2.25. The Morgan fingerprint density at radius 3 is 2.39 bits per heavy atom. The second kappa shape index (κ2) is 6.32. The van der Waals surface area contributed by atoms with Crippen LogP contribution in [-0.2, 0) is 0 Å². The molecule has 1 amide bonds. The van der Waals surface area contributed by atoms with E-state index in [4.69, 9.17) is 0 Å². The SMILES string of the molecule is Cc1nc(C)c(C(=O)N2CCN(c3cccc(C)c3C)CC2)s1. The second-order valence-corrected chi connectivity index (χ2v) is 7.35. The van der Waals surface area contributed by atoms with Gasteiger partial charge in [-0.15, -0.1) is 11.3 Å². The van der Waals surface area contributed by atoms with Crippen molar-refractivity contribution in [1.29, 1.82) is 0 Å². The van der Waals surface area contributed by atoms with Crippen molar-refractivity contribution in [3.63, 3.8) is 0 Å². The lowest BCUT2D eigenvalue weighted by Crippen LogP contribution is -2.49. The Balaban J connectivity index is 1.70. The number of rotatable bonds is 2. The molecule has 2 aromatic rings. The van der Waals surface area contributed by atoms with Crippen LogP contribution >= 0.6 is 11.3 Å². The lowest BCUT2D eigenvalue weighted by Gasteiger charge is -2.37. The molecule has 1 aromatic heterocycles. The first-order chi connectivity index (χ1) is 11.0. The number of hydrogen-bond acceptors (Lipinski definition) is 4. The average molecular weight is 329 g/mol. The van der Waals surface area contributed by atoms with Crippen LogP contribution in [0.4, 0.5) is 5.69 Å². The van der Waals surface area contributed by atoms with Gasteiger partial charge in [-0.1, -0.05) is 12.1 Å². The Labute approximate surface area is 141 Å². The Morgan fingerprint density at radius 2 is 1.78 bits per heavy atom. The molecule has 23 heavy (non-hydrogen) atoms. The Hall–Kier alpha value is -1.88. The third kappa shape index (κ3) is 3.11. The monoisotopic (exact) mass is 329 g/mol. The summed E-state index contributed by atoms with van der Waals surface area (Å²) in [5, 5.41) is 0.958. The highest BCUT2D eigenvalue weighted by atomic mass is 32.1.